The van der Waals surface area contributed by atoms with Gasteiger partial charge in [-0.2, -0.15) is 5.06 Å². The van der Waals surface area contributed by atoms with Crippen LogP contribution in [0.1, 0.15) is 40.5 Å². The van der Waals surface area contributed by atoms with Crippen molar-refractivity contribution >= 4 is 0 Å². The van der Waals surface area contributed by atoms with E-state index >= 15 is 0 Å². The van der Waals surface area contributed by atoms with E-state index in [2.05, 4.69) is 32.8 Å². The van der Waals surface area contributed by atoms with Gasteiger partial charge < -0.3 is 0 Å². The third kappa shape index (κ3) is 0.892. The smallest absolute Gasteiger partial charge is 0.0868 e. The molecule has 0 amide bonds. The van der Waals surface area contributed by atoms with Crippen LogP contribution in [0.4, 0.5) is 0 Å². The molecule has 0 aromatic heterocycles. The van der Waals surface area contributed by atoms with E-state index in [1.165, 1.54) is 12.8 Å². The van der Waals surface area contributed by atoms with Gasteiger partial charge in [0, 0.05) is 17.5 Å². The first-order chi connectivity index (χ1) is 6.52. The molecule has 2 nitrogen and oxygen atoms in total. The molecule has 0 bridgehead atoms. The van der Waals surface area contributed by atoms with Crippen LogP contribution < -0.4 is 0 Å². The van der Waals surface area contributed by atoms with E-state index in [0.717, 1.165) is 23.8 Å². The summed E-state index contributed by atoms with van der Waals surface area (Å²) in [6, 6.07) is 0.723. The van der Waals surface area contributed by atoms with Gasteiger partial charge in [0.05, 0.1) is 6.10 Å². The highest BCUT2D eigenvalue weighted by molar-refractivity contribution is 5.08. The third-order valence-corrected chi connectivity index (χ3v) is 4.96. The molecule has 3 fully saturated rings. The van der Waals surface area contributed by atoms with E-state index in [9.17, 15) is 0 Å². The number of hydroxylamine groups is 2. The van der Waals surface area contributed by atoms with Crippen LogP contribution in [0.25, 0.3) is 0 Å². The number of hydrogen-bond acceptors (Lipinski definition) is 2. The maximum atomic E-state index is 6.12. The van der Waals surface area contributed by atoms with E-state index in [4.69, 9.17) is 4.84 Å². The first-order valence-corrected chi connectivity index (χ1v) is 5.98. The highest BCUT2D eigenvalue weighted by Gasteiger charge is 2.61. The van der Waals surface area contributed by atoms with Crippen LogP contribution in [-0.4, -0.2) is 22.7 Å². The molecule has 2 saturated heterocycles. The van der Waals surface area contributed by atoms with Crippen LogP contribution in [0, 0.1) is 17.8 Å². The molecule has 2 aliphatic heterocycles. The Kier molecular flexibility index (Phi) is 1.66. The predicted octanol–water partition coefficient (Wildman–Crippen LogP) is 2.45. The van der Waals surface area contributed by atoms with Gasteiger partial charge >= 0.3 is 0 Å². The number of hydrogen-bond donors (Lipinski definition) is 0. The molecule has 2 heterocycles. The highest BCUT2D eigenvalue weighted by atomic mass is 16.7. The molecule has 2 heteroatoms. The van der Waals surface area contributed by atoms with Crippen LogP contribution in [0.3, 0.4) is 0 Å². The summed E-state index contributed by atoms with van der Waals surface area (Å²) in [5.74, 6) is 2.46. The Hall–Kier alpha value is -0.0800. The molecular weight excluding hydrogens is 174 g/mol. The molecule has 3 aliphatic rings. The second-order valence-corrected chi connectivity index (χ2v) is 6.11. The van der Waals surface area contributed by atoms with Crippen LogP contribution in [0.15, 0.2) is 0 Å². The molecule has 0 radical (unpaired) electrons. The molecule has 0 aromatic carbocycles. The van der Waals surface area contributed by atoms with Crippen LogP contribution >= 0.6 is 0 Å². The zero-order valence-electron chi connectivity index (χ0n) is 9.66. The van der Waals surface area contributed by atoms with E-state index < -0.39 is 0 Å². The molecule has 5 atom stereocenters. The summed E-state index contributed by atoms with van der Waals surface area (Å²) in [7, 11) is 0. The number of nitrogens with zero attached hydrogens (tertiary/aromatic N) is 1. The summed E-state index contributed by atoms with van der Waals surface area (Å²) in [6.07, 6.45) is 3.17. The lowest BCUT2D eigenvalue weighted by atomic mass is 9.61. The lowest BCUT2D eigenvalue weighted by Crippen LogP contribution is -2.49. The highest BCUT2D eigenvalue weighted by Crippen LogP contribution is 2.56. The largest absolute Gasteiger partial charge is 0.294 e. The monoisotopic (exact) mass is 195 g/mol. The Bertz CT molecular complexity index is 263. The van der Waals surface area contributed by atoms with Crippen molar-refractivity contribution in [3.8, 4) is 0 Å². The minimum absolute atomic E-state index is 0.279. The van der Waals surface area contributed by atoms with E-state index in [-0.39, 0.29) is 5.54 Å². The van der Waals surface area contributed by atoms with Crippen LogP contribution in [-0.2, 0) is 4.84 Å². The van der Waals surface area contributed by atoms with Crippen molar-refractivity contribution in [2.75, 3.05) is 0 Å². The minimum Gasteiger partial charge on any atom is -0.294 e. The van der Waals surface area contributed by atoms with Gasteiger partial charge in [0.25, 0.3) is 0 Å². The molecule has 0 N–H and O–H groups in total. The van der Waals surface area contributed by atoms with Crippen molar-refractivity contribution in [1.82, 2.24) is 5.06 Å². The lowest BCUT2D eigenvalue weighted by molar-refractivity contribution is -0.222. The standard InChI is InChI=1S/C12H21NO/c1-7-8(2)11-10(7)9-5-6-12(3,4)13(9)14-11/h7-11H,5-6H2,1-4H3/t7-,8+,9-,10-,11-/m1/s1. The second kappa shape index (κ2) is 2.53. The fraction of sp³-hybridized carbons (Fsp3) is 1.00. The summed E-state index contributed by atoms with van der Waals surface area (Å²) in [6.45, 7) is 9.35. The molecule has 0 spiro atoms. The van der Waals surface area contributed by atoms with E-state index in [1.807, 2.05) is 0 Å². The predicted molar refractivity (Wildman–Crippen MR) is 55.6 cm³/mol. The number of fused-ring (bicyclic) bond motifs is 3. The minimum atomic E-state index is 0.279. The average Bonchev–Trinajstić information content (AvgIpc) is 2.62. The molecule has 1 saturated carbocycles. The van der Waals surface area contributed by atoms with Crippen molar-refractivity contribution < 1.29 is 4.84 Å². The summed E-state index contributed by atoms with van der Waals surface area (Å²) in [5, 5.41) is 2.32. The average molecular weight is 195 g/mol. The summed E-state index contributed by atoms with van der Waals surface area (Å²) < 4.78 is 0. The maximum Gasteiger partial charge on any atom is 0.0868 e. The Labute approximate surface area is 86.6 Å². The summed E-state index contributed by atoms with van der Waals surface area (Å²) >= 11 is 0. The Morgan fingerprint density at radius 1 is 1.21 bits per heavy atom. The van der Waals surface area contributed by atoms with Gasteiger partial charge in [0.15, 0.2) is 0 Å². The van der Waals surface area contributed by atoms with Gasteiger partial charge in [-0.15, -0.1) is 0 Å². The zero-order chi connectivity index (χ0) is 10.1. The molecule has 0 unspecified atom stereocenters. The van der Waals surface area contributed by atoms with Gasteiger partial charge in [0.2, 0.25) is 0 Å². The van der Waals surface area contributed by atoms with Gasteiger partial charge in [-0.25, -0.2) is 0 Å². The summed E-state index contributed by atoms with van der Waals surface area (Å²) in [5.41, 5.74) is 0.279. The van der Waals surface area contributed by atoms with Crippen molar-refractivity contribution in [2.45, 2.75) is 58.2 Å². The quantitative estimate of drug-likeness (QED) is 0.588. The zero-order valence-corrected chi connectivity index (χ0v) is 9.66. The molecule has 0 aromatic rings. The van der Waals surface area contributed by atoms with Crippen molar-refractivity contribution in [3.63, 3.8) is 0 Å². The van der Waals surface area contributed by atoms with Gasteiger partial charge in [-0.3, -0.25) is 4.84 Å². The second-order valence-electron chi connectivity index (χ2n) is 6.11. The lowest BCUT2D eigenvalue weighted by Gasteiger charge is -2.44. The van der Waals surface area contributed by atoms with Gasteiger partial charge in [-0.1, -0.05) is 13.8 Å². The maximum absolute atomic E-state index is 6.12. The molecule has 3 rings (SSSR count). The third-order valence-electron chi connectivity index (χ3n) is 4.96. The SMILES string of the molecule is C[C@@H]1[C@H](C)[C@H]2ON3[C@H](CCC3(C)C)[C@@H]12. The molecular formula is C12H21NO. The number of rotatable bonds is 0. The van der Waals surface area contributed by atoms with Crippen LogP contribution in [0.5, 0.6) is 0 Å². The van der Waals surface area contributed by atoms with Gasteiger partial charge in [0.1, 0.15) is 0 Å². The van der Waals surface area contributed by atoms with E-state index in [1.54, 1.807) is 0 Å². The molecule has 14 heavy (non-hydrogen) atoms. The topological polar surface area (TPSA) is 12.5 Å². The first-order valence-electron chi connectivity index (χ1n) is 5.98. The Morgan fingerprint density at radius 2 is 1.93 bits per heavy atom. The fourth-order valence-corrected chi connectivity index (χ4v) is 3.77. The normalized spacial score (nSPS) is 55.3. The Morgan fingerprint density at radius 3 is 2.64 bits per heavy atom. The molecule has 80 valence electrons. The van der Waals surface area contributed by atoms with Crippen LogP contribution in [0.2, 0.25) is 0 Å². The molecule has 1 aliphatic carbocycles. The first kappa shape index (κ1) is 9.17. The fourth-order valence-electron chi connectivity index (χ4n) is 3.77. The van der Waals surface area contributed by atoms with Crippen molar-refractivity contribution in [1.29, 1.82) is 0 Å². The van der Waals surface area contributed by atoms with Crippen molar-refractivity contribution in [3.05, 3.63) is 0 Å². The summed E-state index contributed by atoms with van der Waals surface area (Å²) in [4.78, 5) is 6.12. The van der Waals surface area contributed by atoms with E-state index in [0.29, 0.717) is 6.10 Å². The van der Waals surface area contributed by atoms with Gasteiger partial charge in [-0.05, 0) is 38.5 Å². The Balaban J connectivity index is 1.86. The van der Waals surface area contributed by atoms with Crippen molar-refractivity contribution in [2.24, 2.45) is 17.8 Å².